The van der Waals surface area contributed by atoms with E-state index in [9.17, 15) is 0 Å². The van der Waals surface area contributed by atoms with E-state index in [1.165, 1.54) is 87.6 Å². The second-order valence-corrected chi connectivity index (χ2v) is 15.7. The minimum Gasteiger partial charge on any atom is -0.310 e. The molecule has 0 saturated carbocycles. The first-order valence-electron chi connectivity index (χ1n) is 19.6. The number of hydrogen-bond acceptors (Lipinski definition) is 1. The van der Waals surface area contributed by atoms with E-state index in [2.05, 4.69) is 219 Å². The summed E-state index contributed by atoms with van der Waals surface area (Å²) in [5.74, 6) is 0. The summed E-state index contributed by atoms with van der Waals surface area (Å²) in [7, 11) is 0. The Kier molecular flexibility index (Phi) is 7.28. The fraction of sp³-hybridized carbons (Fsp3) is 0.0545. The lowest BCUT2D eigenvalue weighted by Gasteiger charge is -2.28. The van der Waals surface area contributed by atoms with Crippen LogP contribution in [0.2, 0.25) is 0 Å². The molecular weight excluding hydrogens is 675 g/mol. The monoisotopic (exact) mass is 713 g/mol. The third-order valence-electron chi connectivity index (χ3n) is 12.2. The van der Waals surface area contributed by atoms with E-state index < -0.39 is 0 Å². The molecule has 11 rings (SSSR count). The van der Waals surface area contributed by atoms with Crippen molar-refractivity contribution in [2.24, 2.45) is 0 Å². The van der Waals surface area contributed by atoms with Crippen LogP contribution in [0.3, 0.4) is 0 Å². The van der Waals surface area contributed by atoms with Gasteiger partial charge in [0.1, 0.15) is 0 Å². The number of fused-ring (bicyclic) bond motifs is 10. The van der Waals surface area contributed by atoms with Gasteiger partial charge in [0, 0.05) is 22.5 Å². The van der Waals surface area contributed by atoms with Gasteiger partial charge in [-0.3, -0.25) is 0 Å². The molecule has 10 aromatic rings. The van der Waals surface area contributed by atoms with Gasteiger partial charge >= 0.3 is 0 Å². The lowest BCUT2D eigenvalue weighted by molar-refractivity contribution is 0.660. The highest BCUT2D eigenvalue weighted by atomic mass is 15.1. The zero-order valence-corrected chi connectivity index (χ0v) is 31.5. The maximum absolute atomic E-state index is 2.43. The van der Waals surface area contributed by atoms with Crippen LogP contribution in [0.15, 0.2) is 200 Å². The van der Waals surface area contributed by atoms with Gasteiger partial charge in [-0.05, 0) is 130 Å². The van der Waals surface area contributed by atoms with Gasteiger partial charge < -0.3 is 4.90 Å². The first kappa shape index (κ1) is 32.5. The van der Waals surface area contributed by atoms with Crippen molar-refractivity contribution < 1.29 is 0 Å². The van der Waals surface area contributed by atoms with E-state index in [1.807, 2.05) is 0 Å². The lowest BCUT2D eigenvalue weighted by atomic mass is 9.82. The molecule has 1 aliphatic rings. The number of benzene rings is 10. The molecule has 10 aromatic carbocycles. The standard InChI is InChI=1S/C55H39N/c1-55(2)51-22-11-10-21-47(51)48-32-30-44(35-52(48)55)56(42-28-25-37(26-29-42)36-13-4-3-5-14-36)43-18-12-17-40(33-43)50-34-41-24-23-38-15-6-8-19-45(38)53(41)54-46-20-9-7-16-39(46)27-31-49(50)54/h3-35H,1-2H3. The summed E-state index contributed by atoms with van der Waals surface area (Å²) in [6.07, 6.45) is 0. The van der Waals surface area contributed by atoms with Crippen LogP contribution in [0.25, 0.3) is 76.5 Å². The van der Waals surface area contributed by atoms with Gasteiger partial charge in [0.05, 0.1) is 0 Å². The topological polar surface area (TPSA) is 3.24 Å². The van der Waals surface area contributed by atoms with Gasteiger partial charge in [-0.2, -0.15) is 0 Å². The quantitative estimate of drug-likeness (QED) is 0.161. The molecule has 1 nitrogen and oxygen atoms in total. The zero-order chi connectivity index (χ0) is 37.4. The summed E-state index contributed by atoms with van der Waals surface area (Å²) in [4.78, 5) is 2.43. The molecule has 0 amide bonds. The molecule has 0 N–H and O–H groups in total. The molecule has 264 valence electrons. The van der Waals surface area contributed by atoms with Crippen LogP contribution >= 0.6 is 0 Å². The van der Waals surface area contributed by atoms with Gasteiger partial charge in [0.2, 0.25) is 0 Å². The van der Waals surface area contributed by atoms with Gasteiger partial charge in [0.25, 0.3) is 0 Å². The average molecular weight is 714 g/mol. The molecule has 1 heteroatoms. The van der Waals surface area contributed by atoms with Crippen LogP contribution in [-0.2, 0) is 5.41 Å². The summed E-state index contributed by atoms with van der Waals surface area (Å²) in [5, 5.41) is 10.2. The fourth-order valence-corrected chi connectivity index (χ4v) is 9.45. The van der Waals surface area contributed by atoms with Crippen molar-refractivity contribution in [2.75, 3.05) is 4.90 Å². The van der Waals surface area contributed by atoms with E-state index in [4.69, 9.17) is 0 Å². The minimum absolute atomic E-state index is 0.108. The van der Waals surface area contributed by atoms with Crippen LogP contribution in [0, 0.1) is 0 Å². The highest BCUT2D eigenvalue weighted by Crippen LogP contribution is 2.51. The molecule has 0 heterocycles. The Balaban J connectivity index is 1.13. The third kappa shape index (κ3) is 5.01. The number of nitrogens with zero attached hydrogens (tertiary/aromatic N) is 1. The molecule has 0 unspecified atom stereocenters. The first-order chi connectivity index (χ1) is 27.5. The smallest absolute Gasteiger partial charge is 0.0467 e. The second kappa shape index (κ2) is 12.5. The molecule has 0 bridgehead atoms. The van der Waals surface area contributed by atoms with Crippen LogP contribution in [0.1, 0.15) is 25.0 Å². The Labute approximate surface area is 327 Å². The van der Waals surface area contributed by atoms with E-state index >= 15 is 0 Å². The Bertz CT molecular complexity index is 3150. The van der Waals surface area contributed by atoms with Crippen molar-refractivity contribution in [3.05, 3.63) is 211 Å². The van der Waals surface area contributed by atoms with Crippen LogP contribution in [0.5, 0.6) is 0 Å². The van der Waals surface area contributed by atoms with Gasteiger partial charge in [0.15, 0.2) is 0 Å². The largest absolute Gasteiger partial charge is 0.310 e. The zero-order valence-electron chi connectivity index (χ0n) is 31.5. The van der Waals surface area contributed by atoms with E-state index in [0.717, 1.165) is 17.1 Å². The molecule has 0 aliphatic heterocycles. The van der Waals surface area contributed by atoms with Crippen molar-refractivity contribution in [1.29, 1.82) is 0 Å². The Morgan fingerprint density at radius 2 is 0.911 bits per heavy atom. The lowest BCUT2D eigenvalue weighted by Crippen LogP contribution is -2.16. The predicted molar refractivity (Wildman–Crippen MR) is 240 cm³/mol. The molecular formula is C55H39N. The Morgan fingerprint density at radius 1 is 0.321 bits per heavy atom. The van der Waals surface area contributed by atoms with Crippen LogP contribution in [-0.4, -0.2) is 0 Å². The van der Waals surface area contributed by atoms with Crippen molar-refractivity contribution in [3.8, 4) is 33.4 Å². The third-order valence-corrected chi connectivity index (χ3v) is 12.2. The number of anilines is 3. The van der Waals surface area contributed by atoms with Gasteiger partial charge in [-0.15, -0.1) is 0 Å². The number of rotatable bonds is 5. The highest BCUT2D eigenvalue weighted by Gasteiger charge is 2.35. The molecule has 0 aromatic heterocycles. The SMILES string of the molecule is CC1(C)c2ccccc2-c2ccc(N(c3ccc(-c4ccccc4)cc3)c3cccc(-c4cc5ccc6ccccc6c5c5c4ccc4ccccc45)c3)cc21. The van der Waals surface area contributed by atoms with Crippen molar-refractivity contribution in [2.45, 2.75) is 19.3 Å². The Hall–Kier alpha value is -6.96. The molecule has 0 radical (unpaired) electrons. The summed E-state index contributed by atoms with van der Waals surface area (Å²) >= 11 is 0. The second-order valence-electron chi connectivity index (χ2n) is 15.7. The molecule has 0 saturated heterocycles. The van der Waals surface area contributed by atoms with Gasteiger partial charge in [-0.1, -0.05) is 172 Å². The maximum Gasteiger partial charge on any atom is 0.0467 e. The van der Waals surface area contributed by atoms with E-state index in [0.29, 0.717) is 0 Å². The summed E-state index contributed by atoms with van der Waals surface area (Å²) in [6, 6.07) is 74.0. The number of hydrogen-bond donors (Lipinski definition) is 0. The molecule has 0 fully saturated rings. The average Bonchev–Trinajstić information content (AvgIpc) is 3.49. The molecule has 1 aliphatic carbocycles. The maximum atomic E-state index is 2.43. The van der Waals surface area contributed by atoms with Crippen LogP contribution in [0.4, 0.5) is 17.1 Å². The predicted octanol–water partition coefficient (Wildman–Crippen LogP) is 15.4. The first-order valence-corrected chi connectivity index (χ1v) is 19.6. The summed E-state index contributed by atoms with van der Waals surface area (Å²) < 4.78 is 0. The van der Waals surface area contributed by atoms with Crippen LogP contribution < -0.4 is 4.90 Å². The fourth-order valence-electron chi connectivity index (χ4n) is 9.45. The van der Waals surface area contributed by atoms with Crippen molar-refractivity contribution in [3.63, 3.8) is 0 Å². The molecule has 56 heavy (non-hydrogen) atoms. The van der Waals surface area contributed by atoms with E-state index in [1.54, 1.807) is 0 Å². The van der Waals surface area contributed by atoms with Gasteiger partial charge in [-0.25, -0.2) is 0 Å². The summed E-state index contributed by atoms with van der Waals surface area (Å²) in [6.45, 7) is 4.72. The molecule has 0 atom stereocenters. The van der Waals surface area contributed by atoms with Crippen molar-refractivity contribution >= 4 is 60.2 Å². The molecule has 0 spiro atoms. The summed E-state index contributed by atoms with van der Waals surface area (Å²) in [5.41, 5.74) is 13.5. The highest BCUT2D eigenvalue weighted by molar-refractivity contribution is 6.30. The minimum atomic E-state index is -0.108. The normalized spacial score (nSPS) is 13.0. The van der Waals surface area contributed by atoms with E-state index in [-0.39, 0.29) is 5.41 Å². The Morgan fingerprint density at radius 3 is 1.71 bits per heavy atom. The van der Waals surface area contributed by atoms with Crippen molar-refractivity contribution in [1.82, 2.24) is 0 Å².